The molecule has 3 aliphatic rings. The molecular weight excluding hydrogens is 463 g/mol. The van der Waals surface area contributed by atoms with Crippen LogP contribution in [0.5, 0.6) is 0 Å². The average Bonchev–Trinajstić information content (AvgIpc) is 3.30. The van der Waals surface area contributed by atoms with Crippen molar-refractivity contribution < 1.29 is 9.47 Å². The van der Waals surface area contributed by atoms with Crippen LogP contribution in [0, 0.1) is 5.92 Å². The minimum atomic E-state index is 0. The Kier molecular flexibility index (Phi) is 9.77. The summed E-state index contributed by atoms with van der Waals surface area (Å²) in [7, 11) is 1.80. The number of likely N-dealkylation sites (tertiary alicyclic amines) is 1. The van der Waals surface area contributed by atoms with Gasteiger partial charge in [-0.15, -0.1) is 24.0 Å². The second kappa shape index (κ2) is 11.3. The number of ether oxygens (including phenoxy) is 2. The van der Waals surface area contributed by atoms with E-state index in [0.29, 0.717) is 5.92 Å². The molecule has 3 aliphatic heterocycles. The van der Waals surface area contributed by atoms with Crippen LogP contribution in [0.4, 0.5) is 0 Å². The molecule has 3 rings (SSSR count). The van der Waals surface area contributed by atoms with Crippen molar-refractivity contribution in [2.75, 3.05) is 77.7 Å². The van der Waals surface area contributed by atoms with Gasteiger partial charge in [-0.25, -0.2) is 0 Å². The number of nitrogens with zero attached hydrogens (tertiary/aromatic N) is 3. The summed E-state index contributed by atoms with van der Waals surface area (Å²) in [5.74, 6) is 4.17. The Morgan fingerprint density at radius 2 is 2.15 bits per heavy atom. The van der Waals surface area contributed by atoms with Crippen LogP contribution >= 0.6 is 35.7 Å². The van der Waals surface area contributed by atoms with Gasteiger partial charge in [-0.3, -0.25) is 9.89 Å². The molecule has 0 amide bonds. The first-order chi connectivity index (χ1) is 12.3. The van der Waals surface area contributed by atoms with Crippen LogP contribution in [0.3, 0.4) is 0 Å². The van der Waals surface area contributed by atoms with E-state index in [0.717, 1.165) is 65.0 Å². The molecule has 0 aromatic heterocycles. The third kappa shape index (κ3) is 5.62. The molecule has 3 saturated heterocycles. The van der Waals surface area contributed by atoms with E-state index in [1.54, 1.807) is 7.11 Å². The number of thioether (sulfide) groups is 1. The second-order valence-electron chi connectivity index (χ2n) is 7.35. The summed E-state index contributed by atoms with van der Waals surface area (Å²) in [5.41, 5.74) is 0.223. The average molecular weight is 498 g/mol. The third-order valence-electron chi connectivity index (χ3n) is 5.61. The van der Waals surface area contributed by atoms with E-state index in [9.17, 15) is 0 Å². The highest BCUT2D eigenvalue weighted by molar-refractivity contribution is 14.0. The maximum absolute atomic E-state index is 5.57. The molecule has 2 atom stereocenters. The Bertz CT molecular complexity index is 443. The summed E-state index contributed by atoms with van der Waals surface area (Å²) < 4.78 is 10.9. The van der Waals surface area contributed by atoms with Gasteiger partial charge in [-0.05, 0) is 25.5 Å². The van der Waals surface area contributed by atoms with Crippen molar-refractivity contribution in [3.8, 4) is 0 Å². The van der Waals surface area contributed by atoms with Crippen LogP contribution < -0.4 is 5.32 Å². The highest BCUT2D eigenvalue weighted by Gasteiger charge is 2.41. The lowest BCUT2D eigenvalue weighted by molar-refractivity contribution is -0.0105. The number of methoxy groups -OCH3 is 1. The number of rotatable bonds is 6. The summed E-state index contributed by atoms with van der Waals surface area (Å²) in [6, 6.07) is 0. The van der Waals surface area contributed by atoms with Crippen molar-refractivity contribution >= 4 is 41.7 Å². The van der Waals surface area contributed by atoms with E-state index in [-0.39, 0.29) is 29.5 Å². The van der Waals surface area contributed by atoms with Gasteiger partial charge in [0, 0.05) is 51.5 Å². The van der Waals surface area contributed by atoms with Crippen LogP contribution in [-0.4, -0.2) is 99.0 Å². The zero-order valence-corrected chi connectivity index (χ0v) is 19.4. The molecule has 2 unspecified atom stereocenters. The molecule has 0 saturated carbocycles. The maximum atomic E-state index is 5.57. The number of hydrogen-bond donors (Lipinski definition) is 1. The molecule has 0 aromatic carbocycles. The number of nitrogens with one attached hydrogen (secondary N) is 1. The van der Waals surface area contributed by atoms with Crippen LogP contribution in [0.25, 0.3) is 0 Å². The van der Waals surface area contributed by atoms with Crippen molar-refractivity contribution in [1.29, 1.82) is 0 Å². The van der Waals surface area contributed by atoms with Gasteiger partial charge in [0.25, 0.3) is 0 Å². The van der Waals surface area contributed by atoms with E-state index in [4.69, 9.17) is 14.5 Å². The molecule has 1 N–H and O–H groups in total. The number of hydrogen-bond acceptors (Lipinski definition) is 5. The quantitative estimate of drug-likeness (QED) is 0.342. The molecule has 26 heavy (non-hydrogen) atoms. The van der Waals surface area contributed by atoms with Gasteiger partial charge >= 0.3 is 0 Å². The smallest absolute Gasteiger partial charge is 0.193 e. The molecule has 0 radical (unpaired) electrons. The van der Waals surface area contributed by atoms with E-state index < -0.39 is 0 Å². The van der Waals surface area contributed by atoms with Gasteiger partial charge in [0.15, 0.2) is 5.96 Å². The largest absolute Gasteiger partial charge is 0.384 e. The van der Waals surface area contributed by atoms with Crippen molar-refractivity contribution in [3.63, 3.8) is 0 Å². The van der Waals surface area contributed by atoms with Crippen LogP contribution in [0.1, 0.15) is 19.8 Å². The Balaban J connectivity index is 0.00000243. The topological polar surface area (TPSA) is 49.3 Å². The Morgan fingerprint density at radius 1 is 1.35 bits per heavy atom. The fraction of sp³-hybridized carbons (Fsp3) is 0.944. The first-order valence-corrected chi connectivity index (χ1v) is 10.9. The van der Waals surface area contributed by atoms with Crippen molar-refractivity contribution in [2.24, 2.45) is 10.9 Å². The molecule has 0 spiro atoms. The van der Waals surface area contributed by atoms with Crippen molar-refractivity contribution in [1.82, 2.24) is 15.1 Å². The SMILES string of the molecule is CCNC(=NCC1(N2CCOCC2)CCSC1)N1CCC(COC)C1.I. The van der Waals surface area contributed by atoms with E-state index >= 15 is 0 Å². The van der Waals surface area contributed by atoms with Gasteiger partial charge in [0.1, 0.15) is 0 Å². The molecule has 0 aliphatic carbocycles. The molecular formula is C18H35IN4O2S. The molecule has 152 valence electrons. The molecule has 3 heterocycles. The minimum absolute atomic E-state index is 0. The normalized spacial score (nSPS) is 30.5. The standard InChI is InChI=1S/C18H34N4O2S.HI/c1-3-19-17(21-6-4-16(12-21)13-23-2)20-14-18(5-11-25-15-18)22-7-9-24-10-8-22;/h16H,3-15H2,1-2H3,(H,19,20);1H. The summed E-state index contributed by atoms with van der Waals surface area (Å²) in [4.78, 5) is 10.2. The Labute approximate surface area is 179 Å². The number of guanidine groups is 1. The lowest BCUT2D eigenvalue weighted by Crippen LogP contribution is -2.56. The van der Waals surface area contributed by atoms with Crippen LogP contribution in [-0.2, 0) is 9.47 Å². The van der Waals surface area contributed by atoms with Crippen LogP contribution in [0.2, 0.25) is 0 Å². The van der Waals surface area contributed by atoms with Gasteiger partial charge in [-0.2, -0.15) is 11.8 Å². The highest BCUT2D eigenvalue weighted by atomic mass is 127. The van der Waals surface area contributed by atoms with Gasteiger partial charge in [0.05, 0.1) is 31.9 Å². The minimum Gasteiger partial charge on any atom is -0.384 e. The summed E-state index contributed by atoms with van der Waals surface area (Å²) in [6.45, 7) is 10.8. The zero-order valence-electron chi connectivity index (χ0n) is 16.2. The number of aliphatic imine (C=N–C) groups is 1. The fourth-order valence-corrected chi connectivity index (χ4v) is 5.62. The highest BCUT2D eigenvalue weighted by Crippen LogP contribution is 2.34. The molecule has 8 heteroatoms. The number of halogens is 1. The van der Waals surface area contributed by atoms with E-state index in [2.05, 4.69) is 33.8 Å². The first-order valence-electron chi connectivity index (χ1n) is 9.70. The van der Waals surface area contributed by atoms with Crippen molar-refractivity contribution in [2.45, 2.75) is 25.3 Å². The molecule has 0 bridgehead atoms. The molecule has 6 nitrogen and oxygen atoms in total. The summed E-state index contributed by atoms with van der Waals surface area (Å²) >= 11 is 2.08. The number of morpholine rings is 1. The maximum Gasteiger partial charge on any atom is 0.193 e. The zero-order chi connectivity index (χ0) is 17.5. The summed E-state index contributed by atoms with van der Waals surface area (Å²) in [5, 5.41) is 3.52. The first kappa shape index (κ1) is 22.5. The van der Waals surface area contributed by atoms with E-state index in [1.165, 1.54) is 24.3 Å². The second-order valence-corrected chi connectivity index (χ2v) is 8.46. The lowest BCUT2D eigenvalue weighted by Gasteiger charge is -2.42. The molecule has 0 aromatic rings. The fourth-order valence-electron chi connectivity index (χ4n) is 4.15. The Hall–Kier alpha value is 0.230. The predicted molar refractivity (Wildman–Crippen MR) is 120 cm³/mol. The van der Waals surface area contributed by atoms with Crippen molar-refractivity contribution in [3.05, 3.63) is 0 Å². The van der Waals surface area contributed by atoms with Crippen LogP contribution in [0.15, 0.2) is 4.99 Å². The third-order valence-corrected chi connectivity index (χ3v) is 6.84. The molecule has 3 fully saturated rings. The Morgan fingerprint density at radius 3 is 2.81 bits per heavy atom. The monoisotopic (exact) mass is 498 g/mol. The summed E-state index contributed by atoms with van der Waals surface area (Å²) in [6.07, 6.45) is 2.44. The van der Waals surface area contributed by atoms with Gasteiger partial charge in [0.2, 0.25) is 0 Å². The van der Waals surface area contributed by atoms with E-state index in [1.807, 2.05) is 0 Å². The van der Waals surface area contributed by atoms with Gasteiger partial charge in [-0.1, -0.05) is 0 Å². The lowest BCUT2D eigenvalue weighted by atomic mass is 9.96. The predicted octanol–water partition coefficient (Wildman–Crippen LogP) is 1.75. The van der Waals surface area contributed by atoms with Gasteiger partial charge < -0.3 is 19.7 Å².